The number of anilines is 1. The van der Waals surface area contributed by atoms with Crippen molar-refractivity contribution in [3.8, 4) is 17.0 Å². The molecule has 0 aliphatic carbocycles. The van der Waals surface area contributed by atoms with E-state index in [1.54, 1.807) is 7.11 Å². The molecular formula is C23H22F2N4O2. The fourth-order valence-corrected chi connectivity index (χ4v) is 3.73. The van der Waals surface area contributed by atoms with E-state index >= 15 is 0 Å². The molecule has 0 bridgehead atoms. The van der Waals surface area contributed by atoms with Crippen LogP contribution >= 0.6 is 0 Å². The smallest absolute Gasteiger partial charge is 0.254 e. The van der Waals surface area contributed by atoms with Crippen LogP contribution in [0.4, 0.5) is 14.6 Å². The van der Waals surface area contributed by atoms with Gasteiger partial charge in [0.15, 0.2) is 5.82 Å². The molecule has 31 heavy (non-hydrogen) atoms. The lowest BCUT2D eigenvalue weighted by molar-refractivity contribution is 0.0929. The van der Waals surface area contributed by atoms with Crippen molar-refractivity contribution in [1.29, 1.82) is 0 Å². The number of carbonyl (C=O) groups is 1. The minimum absolute atomic E-state index is 0.167. The first kappa shape index (κ1) is 20.7. The second kappa shape index (κ2) is 9.07. The third-order valence-corrected chi connectivity index (χ3v) is 5.29. The minimum Gasteiger partial charge on any atom is -0.496 e. The molecule has 2 heterocycles. The number of hydrogen-bond donors (Lipinski definition) is 1. The largest absolute Gasteiger partial charge is 0.496 e. The minimum atomic E-state index is -0.872. The molecule has 6 nitrogen and oxygen atoms in total. The van der Waals surface area contributed by atoms with Crippen molar-refractivity contribution in [3.05, 3.63) is 71.8 Å². The van der Waals surface area contributed by atoms with E-state index in [4.69, 9.17) is 4.74 Å². The van der Waals surface area contributed by atoms with Crippen molar-refractivity contribution in [3.63, 3.8) is 0 Å². The summed E-state index contributed by atoms with van der Waals surface area (Å²) in [7, 11) is 1.61. The molecule has 4 rings (SSSR count). The van der Waals surface area contributed by atoms with Gasteiger partial charge < -0.3 is 15.0 Å². The zero-order chi connectivity index (χ0) is 21.8. The predicted octanol–water partition coefficient (Wildman–Crippen LogP) is 3.83. The first-order valence-electron chi connectivity index (χ1n) is 10.0. The Morgan fingerprint density at radius 3 is 2.71 bits per heavy atom. The van der Waals surface area contributed by atoms with Gasteiger partial charge in [0.25, 0.3) is 5.91 Å². The summed E-state index contributed by atoms with van der Waals surface area (Å²) in [6, 6.07) is 14.1. The Labute approximate surface area is 178 Å². The fraction of sp³-hybridized carbons (Fsp3) is 0.261. The van der Waals surface area contributed by atoms with Crippen LogP contribution < -0.4 is 15.0 Å². The first-order chi connectivity index (χ1) is 15.0. The molecule has 8 heteroatoms. The van der Waals surface area contributed by atoms with Crippen molar-refractivity contribution in [1.82, 2.24) is 15.5 Å². The number of amides is 1. The van der Waals surface area contributed by atoms with Gasteiger partial charge in [0.1, 0.15) is 17.4 Å². The molecule has 1 saturated heterocycles. The predicted molar refractivity (Wildman–Crippen MR) is 113 cm³/mol. The van der Waals surface area contributed by atoms with E-state index < -0.39 is 17.5 Å². The monoisotopic (exact) mass is 424 g/mol. The number of methoxy groups -OCH3 is 1. The average Bonchev–Trinajstić information content (AvgIpc) is 2.79. The van der Waals surface area contributed by atoms with Gasteiger partial charge in [-0.05, 0) is 49.2 Å². The normalized spacial score (nSPS) is 16.1. The maximum atomic E-state index is 13.9. The third-order valence-electron chi connectivity index (χ3n) is 5.29. The van der Waals surface area contributed by atoms with E-state index in [2.05, 4.69) is 15.5 Å². The zero-order valence-electron chi connectivity index (χ0n) is 17.0. The lowest BCUT2D eigenvalue weighted by Crippen LogP contribution is -2.48. The summed E-state index contributed by atoms with van der Waals surface area (Å²) in [5, 5.41) is 11.5. The molecule has 2 aromatic carbocycles. The highest BCUT2D eigenvalue weighted by Gasteiger charge is 2.24. The number of nitrogens with zero attached hydrogens (tertiary/aromatic N) is 3. The van der Waals surface area contributed by atoms with Gasteiger partial charge in [-0.15, -0.1) is 10.2 Å². The molecule has 1 aliphatic rings. The van der Waals surface area contributed by atoms with Crippen molar-refractivity contribution in [2.75, 3.05) is 25.1 Å². The molecule has 3 aromatic rings. The van der Waals surface area contributed by atoms with Gasteiger partial charge in [0.2, 0.25) is 0 Å². The van der Waals surface area contributed by atoms with Crippen LogP contribution in [-0.2, 0) is 0 Å². The van der Waals surface area contributed by atoms with Crippen molar-refractivity contribution < 1.29 is 18.3 Å². The van der Waals surface area contributed by atoms with Crippen molar-refractivity contribution >= 4 is 11.7 Å². The van der Waals surface area contributed by atoms with Crippen LogP contribution in [0.15, 0.2) is 54.6 Å². The Morgan fingerprint density at radius 2 is 1.97 bits per heavy atom. The number of piperidine rings is 1. The standard InChI is InChI=1S/C23H22F2N4O2/c1-31-21-7-3-2-6-18(21)20-10-11-22(28-27-20)29-12-4-5-16(14-29)26-23(30)17-9-8-15(24)13-19(17)25/h2-3,6-11,13,16H,4-5,12,14H2,1H3,(H,26,30). The maximum Gasteiger partial charge on any atom is 0.254 e. The maximum absolute atomic E-state index is 13.9. The summed E-state index contributed by atoms with van der Waals surface area (Å²) in [4.78, 5) is 14.5. The highest BCUT2D eigenvalue weighted by atomic mass is 19.1. The number of aromatic nitrogens is 2. The molecule has 1 fully saturated rings. The number of carbonyl (C=O) groups excluding carboxylic acids is 1. The summed E-state index contributed by atoms with van der Waals surface area (Å²) in [5.74, 6) is -0.721. The van der Waals surface area contributed by atoms with E-state index in [-0.39, 0.29) is 11.6 Å². The van der Waals surface area contributed by atoms with Crippen LogP contribution in [0, 0.1) is 11.6 Å². The summed E-state index contributed by atoms with van der Waals surface area (Å²) >= 11 is 0. The first-order valence-corrected chi connectivity index (χ1v) is 10.0. The Bertz CT molecular complexity index is 1080. The summed E-state index contributed by atoms with van der Waals surface area (Å²) in [6.45, 7) is 1.30. The Balaban J connectivity index is 1.44. The lowest BCUT2D eigenvalue weighted by Gasteiger charge is -2.33. The molecule has 1 unspecified atom stereocenters. The van der Waals surface area contributed by atoms with Gasteiger partial charge in [-0.25, -0.2) is 8.78 Å². The van der Waals surface area contributed by atoms with Gasteiger partial charge in [-0.3, -0.25) is 4.79 Å². The van der Waals surface area contributed by atoms with Gasteiger partial charge in [-0.1, -0.05) is 12.1 Å². The van der Waals surface area contributed by atoms with Gasteiger partial charge in [-0.2, -0.15) is 0 Å². The lowest BCUT2D eigenvalue weighted by atomic mass is 10.0. The summed E-state index contributed by atoms with van der Waals surface area (Å²) in [5.41, 5.74) is 1.39. The SMILES string of the molecule is COc1ccccc1-c1ccc(N2CCCC(NC(=O)c3ccc(F)cc3F)C2)nn1. The highest BCUT2D eigenvalue weighted by Crippen LogP contribution is 2.28. The van der Waals surface area contributed by atoms with E-state index in [9.17, 15) is 13.6 Å². The van der Waals surface area contributed by atoms with Crippen LogP contribution in [0.3, 0.4) is 0 Å². The van der Waals surface area contributed by atoms with E-state index in [0.717, 1.165) is 42.8 Å². The van der Waals surface area contributed by atoms with Crippen LogP contribution in [0.1, 0.15) is 23.2 Å². The highest BCUT2D eigenvalue weighted by molar-refractivity contribution is 5.94. The Morgan fingerprint density at radius 1 is 1.13 bits per heavy atom. The molecule has 1 N–H and O–H groups in total. The number of para-hydroxylation sites is 1. The van der Waals surface area contributed by atoms with Crippen molar-refractivity contribution in [2.24, 2.45) is 0 Å². The van der Waals surface area contributed by atoms with E-state index in [0.29, 0.717) is 24.1 Å². The number of rotatable bonds is 5. The van der Waals surface area contributed by atoms with Crippen LogP contribution in [0.2, 0.25) is 0 Å². The van der Waals surface area contributed by atoms with E-state index in [1.165, 1.54) is 0 Å². The number of benzene rings is 2. The molecule has 0 saturated carbocycles. The molecule has 0 radical (unpaired) electrons. The Kier molecular flexibility index (Phi) is 6.06. The van der Waals surface area contributed by atoms with Gasteiger partial charge in [0, 0.05) is 30.8 Å². The number of ether oxygens (including phenoxy) is 1. The van der Waals surface area contributed by atoms with Gasteiger partial charge >= 0.3 is 0 Å². The molecule has 1 amide bonds. The third kappa shape index (κ3) is 4.63. The molecule has 0 spiro atoms. The van der Waals surface area contributed by atoms with Crippen LogP contribution in [-0.4, -0.2) is 42.3 Å². The van der Waals surface area contributed by atoms with E-state index in [1.807, 2.05) is 41.3 Å². The second-order valence-electron chi connectivity index (χ2n) is 7.36. The molecule has 1 atom stereocenters. The number of nitrogens with one attached hydrogen (secondary N) is 1. The molecule has 1 aliphatic heterocycles. The number of halogens is 2. The quantitative estimate of drug-likeness (QED) is 0.674. The number of hydrogen-bond acceptors (Lipinski definition) is 5. The van der Waals surface area contributed by atoms with Gasteiger partial charge in [0.05, 0.1) is 18.4 Å². The molecule has 160 valence electrons. The molecule has 1 aromatic heterocycles. The topological polar surface area (TPSA) is 67.3 Å². The fourth-order valence-electron chi connectivity index (χ4n) is 3.73. The zero-order valence-corrected chi connectivity index (χ0v) is 17.0. The summed E-state index contributed by atoms with van der Waals surface area (Å²) in [6.07, 6.45) is 1.60. The average molecular weight is 424 g/mol. The summed E-state index contributed by atoms with van der Waals surface area (Å²) < 4.78 is 32.4. The van der Waals surface area contributed by atoms with Crippen LogP contribution in [0.25, 0.3) is 11.3 Å². The van der Waals surface area contributed by atoms with Crippen molar-refractivity contribution in [2.45, 2.75) is 18.9 Å². The van der Waals surface area contributed by atoms with Crippen LogP contribution in [0.5, 0.6) is 5.75 Å². The Hall–Kier alpha value is -3.55. The second-order valence-corrected chi connectivity index (χ2v) is 7.36. The molecular weight excluding hydrogens is 402 g/mol.